The van der Waals surface area contributed by atoms with E-state index in [0.717, 1.165) is 18.5 Å². The summed E-state index contributed by atoms with van der Waals surface area (Å²) < 4.78 is 38.1. The van der Waals surface area contributed by atoms with Crippen molar-refractivity contribution in [3.8, 4) is 11.5 Å². The first-order valence-corrected chi connectivity index (χ1v) is 9.49. The molecule has 0 N–H and O–H groups in total. The molecular weight excluding hydrogens is 354 g/mol. The summed E-state index contributed by atoms with van der Waals surface area (Å²) >= 11 is 0. The number of amides is 1. The third-order valence-corrected chi connectivity index (χ3v) is 6.30. The van der Waals surface area contributed by atoms with Crippen molar-refractivity contribution in [3.63, 3.8) is 0 Å². The molecule has 1 unspecified atom stereocenters. The highest BCUT2D eigenvalue weighted by molar-refractivity contribution is 5.78. The van der Waals surface area contributed by atoms with Gasteiger partial charge in [-0.05, 0) is 42.5 Å². The molecular formula is C20H26F2N2O3. The van der Waals surface area contributed by atoms with E-state index >= 15 is 0 Å². The molecule has 7 heteroatoms. The first-order chi connectivity index (χ1) is 12.9. The van der Waals surface area contributed by atoms with E-state index in [2.05, 4.69) is 4.90 Å². The largest absolute Gasteiger partial charge is 0.493 e. The highest BCUT2D eigenvalue weighted by Gasteiger charge is 2.71. The van der Waals surface area contributed by atoms with Crippen molar-refractivity contribution < 1.29 is 23.0 Å². The van der Waals surface area contributed by atoms with Crippen LogP contribution in [0.1, 0.15) is 30.4 Å². The van der Waals surface area contributed by atoms with Crippen molar-refractivity contribution in [2.24, 2.45) is 5.41 Å². The second-order valence-corrected chi connectivity index (χ2v) is 8.02. The Morgan fingerprint density at radius 1 is 1.15 bits per heavy atom. The zero-order valence-corrected chi connectivity index (χ0v) is 15.9. The third-order valence-electron chi connectivity index (χ3n) is 6.30. The summed E-state index contributed by atoms with van der Waals surface area (Å²) in [5.41, 5.74) is 1.38. The molecule has 1 atom stereocenters. The first-order valence-electron chi connectivity index (χ1n) is 9.49. The summed E-state index contributed by atoms with van der Waals surface area (Å²) in [7, 11) is 3.22. The van der Waals surface area contributed by atoms with Crippen molar-refractivity contribution in [3.05, 3.63) is 23.3 Å². The lowest BCUT2D eigenvalue weighted by molar-refractivity contribution is -0.135. The van der Waals surface area contributed by atoms with E-state index < -0.39 is 11.3 Å². The van der Waals surface area contributed by atoms with Crippen LogP contribution in [0.5, 0.6) is 11.5 Å². The molecule has 2 aliphatic heterocycles. The second-order valence-electron chi connectivity index (χ2n) is 8.02. The molecule has 3 aliphatic rings. The second kappa shape index (κ2) is 6.62. The molecule has 0 radical (unpaired) electrons. The van der Waals surface area contributed by atoms with Crippen LogP contribution in [0.3, 0.4) is 0 Å². The van der Waals surface area contributed by atoms with Crippen LogP contribution in [0, 0.1) is 5.41 Å². The molecule has 1 saturated heterocycles. The van der Waals surface area contributed by atoms with Gasteiger partial charge in [-0.3, -0.25) is 9.69 Å². The van der Waals surface area contributed by atoms with Gasteiger partial charge in [-0.2, -0.15) is 0 Å². The quantitative estimate of drug-likeness (QED) is 0.806. The molecule has 1 saturated carbocycles. The van der Waals surface area contributed by atoms with Crippen LogP contribution in [0.2, 0.25) is 0 Å². The van der Waals surface area contributed by atoms with Gasteiger partial charge in [0.15, 0.2) is 11.5 Å². The Labute approximate surface area is 158 Å². The summed E-state index contributed by atoms with van der Waals surface area (Å²) in [6, 6.07) is 3.96. The lowest BCUT2D eigenvalue weighted by atomic mass is 9.94. The number of ether oxygens (including phenoxy) is 2. The average molecular weight is 380 g/mol. The monoisotopic (exact) mass is 380 g/mol. The number of fused-ring (bicyclic) bond motifs is 1. The third kappa shape index (κ3) is 3.26. The highest BCUT2D eigenvalue weighted by Crippen LogP contribution is 2.64. The van der Waals surface area contributed by atoms with Crippen molar-refractivity contribution in [2.45, 2.75) is 38.2 Å². The van der Waals surface area contributed by atoms with Gasteiger partial charge >= 0.3 is 0 Å². The zero-order chi connectivity index (χ0) is 19.2. The molecule has 1 aromatic carbocycles. The maximum absolute atomic E-state index is 13.7. The SMILES string of the molecule is COc1cc2c(cc1OC)CN(CC(=O)N1CCCC3(C1)CC3(F)F)CC2. The van der Waals surface area contributed by atoms with Crippen LogP contribution in [0.15, 0.2) is 12.1 Å². The minimum atomic E-state index is -2.59. The fourth-order valence-corrected chi connectivity index (χ4v) is 4.54. The van der Waals surface area contributed by atoms with Crippen LogP contribution in [-0.4, -0.2) is 62.0 Å². The van der Waals surface area contributed by atoms with Gasteiger partial charge in [0.2, 0.25) is 5.91 Å². The van der Waals surface area contributed by atoms with E-state index in [1.165, 1.54) is 5.56 Å². The number of hydrogen-bond acceptors (Lipinski definition) is 4. The minimum absolute atomic E-state index is 0.0410. The Balaban J connectivity index is 1.40. The van der Waals surface area contributed by atoms with Gasteiger partial charge < -0.3 is 14.4 Å². The number of carbonyl (C=O) groups is 1. The number of methoxy groups -OCH3 is 2. The summed E-state index contributed by atoms with van der Waals surface area (Å²) in [5.74, 6) is -1.24. The van der Waals surface area contributed by atoms with E-state index in [0.29, 0.717) is 37.4 Å². The highest BCUT2D eigenvalue weighted by atomic mass is 19.3. The number of hydrogen-bond donors (Lipinski definition) is 0. The molecule has 2 fully saturated rings. The predicted molar refractivity (Wildman–Crippen MR) is 96.3 cm³/mol. The zero-order valence-electron chi connectivity index (χ0n) is 15.9. The van der Waals surface area contributed by atoms with Gasteiger partial charge in [0.05, 0.1) is 26.2 Å². The van der Waals surface area contributed by atoms with E-state index in [4.69, 9.17) is 9.47 Å². The van der Waals surface area contributed by atoms with Gasteiger partial charge in [0.25, 0.3) is 5.92 Å². The number of nitrogens with zero attached hydrogens (tertiary/aromatic N) is 2. The van der Waals surface area contributed by atoms with E-state index in [1.54, 1.807) is 19.1 Å². The van der Waals surface area contributed by atoms with Crippen molar-refractivity contribution in [1.82, 2.24) is 9.80 Å². The van der Waals surface area contributed by atoms with Gasteiger partial charge in [-0.1, -0.05) is 0 Å². The van der Waals surface area contributed by atoms with Gasteiger partial charge in [-0.25, -0.2) is 8.78 Å². The first kappa shape index (κ1) is 18.5. The molecule has 0 aromatic heterocycles. The lowest BCUT2D eigenvalue weighted by Crippen LogP contribution is -2.47. The maximum Gasteiger partial charge on any atom is 0.256 e. The van der Waals surface area contributed by atoms with Crippen molar-refractivity contribution >= 4 is 5.91 Å². The molecule has 148 valence electrons. The van der Waals surface area contributed by atoms with Gasteiger partial charge in [0, 0.05) is 32.6 Å². The molecule has 4 rings (SSSR count). The Morgan fingerprint density at radius 3 is 2.44 bits per heavy atom. The molecule has 2 heterocycles. The van der Waals surface area contributed by atoms with Crippen molar-refractivity contribution in [1.29, 1.82) is 0 Å². The number of rotatable bonds is 4. The fraction of sp³-hybridized carbons (Fsp3) is 0.650. The van der Waals surface area contributed by atoms with Gasteiger partial charge in [-0.15, -0.1) is 0 Å². The van der Waals surface area contributed by atoms with Crippen LogP contribution in [0.4, 0.5) is 8.78 Å². The molecule has 0 bridgehead atoms. The summed E-state index contributed by atoms with van der Waals surface area (Å²) in [6.45, 7) is 2.48. The normalized spacial score (nSPS) is 26.6. The maximum atomic E-state index is 13.7. The fourth-order valence-electron chi connectivity index (χ4n) is 4.54. The van der Waals surface area contributed by atoms with Crippen LogP contribution in [-0.2, 0) is 17.8 Å². The number of carbonyl (C=O) groups excluding carboxylic acids is 1. The number of likely N-dealkylation sites (tertiary alicyclic amines) is 1. The molecule has 27 heavy (non-hydrogen) atoms. The summed E-state index contributed by atoms with van der Waals surface area (Å²) in [5, 5.41) is 0. The topological polar surface area (TPSA) is 42.0 Å². The Hall–Kier alpha value is -1.89. The summed E-state index contributed by atoms with van der Waals surface area (Å²) in [4.78, 5) is 16.5. The lowest BCUT2D eigenvalue weighted by Gasteiger charge is -2.35. The van der Waals surface area contributed by atoms with Gasteiger partial charge in [0.1, 0.15) is 0 Å². The smallest absolute Gasteiger partial charge is 0.256 e. The molecule has 5 nitrogen and oxygen atoms in total. The van der Waals surface area contributed by atoms with E-state index in [1.807, 2.05) is 12.1 Å². The number of piperidine rings is 1. The summed E-state index contributed by atoms with van der Waals surface area (Å²) in [6.07, 6.45) is 1.96. The number of benzene rings is 1. The Kier molecular flexibility index (Phi) is 4.53. The standard InChI is InChI=1S/C20H26F2N2O3/c1-26-16-8-14-4-7-23(10-15(14)9-17(16)27-2)11-18(25)24-6-3-5-19(13-24)12-20(19,21)22/h8-9H,3-7,10-13H2,1-2H3. The molecule has 1 spiro atoms. The molecule has 1 amide bonds. The minimum Gasteiger partial charge on any atom is -0.493 e. The van der Waals surface area contributed by atoms with Crippen molar-refractivity contribution in [2.75, 3.05) is 40.4 Å². The Morgan fingerprint density at radius 2 is 1.81 bits per heavy atom. The van der Waals surface area contributed by atoms with E-state index in [-0.39, 0.29) is 25.4 Å². The number of alkyl halides is 2. The number of halogens is 2. The average Bonchev–Trinajstić information content (AvgIpc) is 3.18. The van der Waals surface area contributed by atoms with E-state index in [9.17, 15) is 13.6 Å². The predicted octanol–water partition coefficient (Wildman–Crippen LogP) is 2.71. The van der Waals surface area contributed by atoms with Crippen LogP contribution >= 0.6 is 0 Å². The Bertz CT molecular complexity index is 755. The molecule has 1 aliphatic carbocycles. The molecule has 1 aromatic rings. The van der Waals surface area contributed by atoms with Crippen LogP contribution in [0.25, 0.3) is 0 Å². The van der Waals surface area contributed by atoms with Crippen LogP contribution < -0.4 is 9.47 Å².